The Bertz CT molecular complexity index is 1040. The molecule has 0 atom stereocenters. The molecule has 0 fully saturated rings. The van der Waals surface area contributed by atoms with Gasteiger partial charge in [-0.2, -0.15) is 0 Å². The number of hydrogen-bond acceptors (Lipinski definition) is 0. The lowest BCUT2D eigenvalue weighted by molar-refractivity contribution is 1.20. The molecule has 3 rings (SSSR count). The monoisotopic (exact) mass is 454 g/mol. The van der Waals surface area contributed by atoms with Gasteiger partial charge in [-0.05, 0) is 57.8 Å². The van der Waals surface area contributed by atoms with E-state index < -0.39 is 16.1 Å². The van der Waals surface area contributed by atoms with Gasteiger partial charge in [0.15, 0.2) is 0 Å². The molecular formula is C30H38Si2. The smallest absolute Gasteiger partial charge is 0.126 e. The van der Waals surface area contributed by atoms with Crippen LogP contribution in [-0.4, -0.2) is 16.1 Å². The highest BCUT2D eigenvalue weighted by Crippen LogP contribution is 2.33. The maximum absolute atomic E-state index is 3.85. The molecule has 0 bridgehead atoms. The Hall–Kier alpha value is -2.27. The first kappa shape index (κ1) is 24.4. The van der Waals surface area contributed by atoms with E-state index in [0.717, 1.165) is 0 Å². The van der Waals surface area contributed by atoms with E-state index in [0.29, 0.717) is 0 Å². The number of benzene rings is 3. The molecule has 2 heteroatoms. The fourth-order valence-corrected chi connectivity index (χ4v) is 9.66. The Morgan fingerprint density at radius 2 is 0.719 bits per heavy atom. The van der Waals surface area contributed by atoms with Gasteiger partial charge in [-0.25, -0.2) is 0 Å². The van der Waals surface area contributed by atoms with Crippen LogP contribution in [0.15, 0.2) is 48.5 Å². The van der Waals surface area contributed by atoms with E-state index in [2.05, 4.69) is 113 Å². The molecule has 0 saturated heterocycles. The third-order valence-electron chi connectivity index (χ3n) is 7.90. The summed E-state index contributed by atoms with van der Waals surface area (Å²) in [5.74, 6) is 7.46. The van der Waals surface area contributed by atoms with E-state index in [1.165, 1.54) is 68.9 Å². The second-order valence-electron chi connectivity index (χ2n) is 9.02. The second kappa shape index (κ2) is 10.6. The lowest BCUT2D eigenvalue weighted by atomic mass is 9.92. The maximum atomic E-state index is 3.85. The average Bonchev–Trinajstić information content (AvgIpc) is 2.86. The minimum Gasteiger partial charge on any atom is -0.126 e. The van der Waals surface area contributed by atoms with Crippen molar-refractivity contribution in [2.75, 3.05) is 0 Å². The van der Waals surface area contributed by atoms with Crippen molar-refractivity contribution >= 4 is 37.7 Å². The molecule has 0 amide bonds. The zero-order valence-corrected chi connectivity index (χ0v) is 22.9. The van der Waals surface area contributed by atoms with Crippen molar-refractivity contribution < 1.29 is 0 Å². The van der Waals surface area contributed by atoms with E-state index >= 15 is 0 Å². The molecule has 0 radical (unpaired) electrons. The van der Waals surface area contributed by atoms with Crippen LogP contribution in [0.2, 0.25) is 36.3 Å². The van der Waals surface area contributed by atoms with Crippen LogP contribution in [0, 0.1) is 22.9 Å². The van der Waals surface area contributed by atoms with Crippen LogP contribution in [0.25, 0.3) is 21.5 Å². The van der Waals surface area contributed by atoms with Crippen LogP contribution in [0.5, 0.6) is 0 Å². The summed E-state index contributed by atoms with van der Waals surface area (Å²) < 4.78 is 0. The van der Waals surface area contributed by atoms with Crippen molar-refractivity contribution in [2.45, 2.75) is 77.8 Å². The number of hydrogen-bond donors (Lipinski definition) is 0. The first-order chi connectivity index (χ1) is 15.5. The fourth-order valence-electron chi connectivity index (χ4n) is 4.82. The van der Waals surface area contributed by atoms with Crippen LogP contribution >= 0.6 is 0 Å². The molecule has 0 unspecified atom stereocenters. The van der Waals surface area contributed by atoms with Crippen molar-refractivity contribution in [3.05, 3.63) is 59.7 Å². The first-order valence-electron chi connectivity index (χ1n) is 12.5. The highest BCUT2D eigenvalue weighted by atomic mass is 28.3. The van der Waals surface area contributed by atoms with Crippen molar-refractivity contribution in [3.63, 3.8) is 0 Å². The Morgan fingerprint density at radius 1 is 0.469 bits per heavy atom. The molecule has 0 nitrogen and oxygen atoms in total. The molecule has 0 aliphatic rings. The third-order valence-corrected chi connectivity index (χ3v) is 17.3. The molecule has 3 aromatic rings. The molecular weight excluding hydrogens is 417 g/mol. The van der Waals surface area contributed by atoms with Gasteiger partial charge in [0.25, 0.3) is 0 Å². The van der Waals surface area contributed by atoms with Gasteiger partial charge in [0.1, 0.15) is 16.1 Å². The minimum absolute atomic E-state index is 1.19. The van der Waals surface area contributed by atoms with Crippen LogP contribution in [0.1, 0.15) is 52.7 Å². The largest absolute Gasteiger partial charge is 0.138 e. The van der Waals surface area contributed by atoms with Crippen molar-refractivity contribution in [3.8, 4) is 22.9 Å². The van der Waals surface area contributed by atoms with Gasteiger partial charge in [0.05, 0.1) is 0 Å². The lowest BCUT2D eigenvalue weighted by Gasteiger charge is -2.21. The SMILES string of the molecule is CC[Si](C#Cc1c2ccccc2c(C#C[Si](CC)(CC)CC)c2ccccc12)(CC)CC. The highest BCUT2D eigenvalue weighted by Gasteiger charge is 2.25. The third kappa shape index (κ3) is 4.59. The Labute approximate surface area is 197 Å². The van der Waals surface area contributed by atoms with Crippen molar-refractivity contribution in [1.29, 1.82) is 0 Å². The first-order valence-corrected chi connectivity index (χ1v) is 17.8. The summed E-state index contributed by atoms with van der Waals surface area (Å²) in [5.41, 5.74) is 10.1. The van der Waals surface area contributed by atoms with E-state index in [-0.39, 0.29) is 0 Å². The lowest BCUT2D eigenvalue weighted by Crippen LogP contribution is -2.29. The van der Waals surface area contributed by atoms with Gasteiger partial charge in [0.2, 0.25) is 0 Å². The van der Waals surface area contributed by atoms with E-state index in [4.69, 9.17) is 0 Å². The van der Waals surface area contributed by atoms with Gasteiger partial charge < -0.3 is 0 Å². The quantitative estimate of drug-likeness (QED) is 0.198. The molecule has 0 spiro atoms. The fraction of sp³-hybridized carbons (Fsp3) is 0.400. The van der Waals surface area contributed by atoms with E-state index in [1.54, 1.807) is 0 Å². The summed E-state index contributed by atoms with van der Waals surface area (Å²) in [6, 6.07) is 24.9. The standard InChI is InChI=1S/C30H38Si2/c1-7-31(8-2,9-3)23-21-29-25-17-13-15-19-27(25)30(28-20-16-14-18-26(28)29)22-24-32(10-4,11-5)12-6/h13-20H,7-12H2,1-6H3. The number of rotatable bonds is 6. The molecule has 32 heavy (non-hydrogen) atoms. The molecule has 3 aromatic carbocycles. The molecule has 0 aliphatic heterocycles. The Morgan fingerprint density at radius 3 is 0.938 bits per heavy atom. The molecule has 166 valence electrons. The maximum Gasteiger partial charge on any atom is 0.138 e. The Balaban J connectivity index is 2.37. The van der Waals surface area contributed by atoms with E-state index in [9.17, 15) is 0 Å². The van der Waals surface area contributed by atoms with Crippen LogP contribution in [-0.2, 0) is 0 Å². The summed E-state index contributed by atoms with van der Waals surface area (Å²) >= 11 is 0. The van der Waals surface area contributed by atoms with Crippen LogP contribution < -0.4 is 0 Å². The van der Waals surface area contributed by atoms with Gasteiger partial charge in [-0.3, -0.25) is 0 Å². The molecule has 0 heterocycles. The molecule has 0 saturated carbocycles. The summed E-state index contributed by atoms with van der Waals surface area (Å²) in [7, 11) is -3.05. The molecule has 0 aliphatic carbocycles. The zero-order valence-electron chi connectivity index (χ0n) is 20.9. The summed E-state index contributed by atoms with van der Waals surface area (Å²) in [5, 5.41) is 5.02. The predicted octanol–water partition coefficient (Wildman–Crippen LogP) is 8.79. The van der Waals surface area contributed by atoms with Gasteiger partial charge >= 0.3 is 0 Å². The summed E-state index contributed by atoms with van der Waals surface area (Å²) in [4.78, 5) is 0. The van der Waals surface area contributed by atoms with Gasteiger partial charge in [-0.15, -0.1) is 11.1 Å². The highest BCUT2D eigenvalue weighted by molar-refractivity contribution is 6.87. The minimum atomic E-state index is -1.53. The second-order valence-corrected chi connectivity index (χ2v) is 18.9. The zero-order chi connectivity index (χ0) is 23.2. The average molecular weight is 455 g/mol. The molecule has 0 aromatic heterocycles. The van der Waals surface area contributed by atoms with Crippen molar-refractivity contribution in [1.82, 2.24) is 0 Å². The Kier molecular flexibility index (Phi) is 8.05. The normalized spacial score (nSPS) is 11.7. The molecule has 0 N–H and O–H groups in total. The van der Waals surface area contributed by atoms with Gasteiger partial charge in [0, 0.05) is 11.1 Å². The number of fused-ring (bicyclic) bond motifs is 2. The van der Waals surface area contributed by atoms with E-state index in [1.807, 2.05) is 0 Å². The van der Waals surface area contributed by atoms with Crippen LogP contribution in [0.3, 0.4) is 0 Å². The van der Waals surface area contributed by atoms with Gasteiger partial charge in [-0.1, -0.05) is 102 Å². The predicted molar refractivity (Wildman–Crippen MR) is 150 cm³/mol. The van der Waals surface area contributed by atoms with Crippen molar-refractivity contribution in [2.24, 2.45) is 0 Å². The van der Waals surface area contributed by atoms with Crippen LogP contribution in [0.4, 0.5) is 0 Å². The summed E-state index contributed by atoms with van der Waals surface area (Å²) in [6.45, 7) is 14.0. The topological polar surface area (TPSA) is 0 Å². The summed E-state index contributed by atoms with van der Waals surface area (Å²) in [6.07, 6.45) is 0.